The molecule has 0 aliphatic rings. The van der Waals surface area contributed by atoms with Crippen molar-refractivity contribution >= 4 is 34.8 Å². The number of hydrogen-bond acceptors (Lipinski definition) is 1. The molecule has 0 radical (unpaired) electrons. The maximum atomic E-state index is 13.2. The molecule has 1 heterocycles. The van der Waals surface area contributed by atoms with Crippen molar-refractivity contribution < 1.29 is 26.3 Å². The molecular weight excluding hydrogens is 390 g/mol. The van der Waals surface area contributed by atoms with Crippen LogP contribution in [0.2, 0.25) is 15.1 Å². The summed E-state index contributed by atoms with van der Waals surface area (Å²) < 4.78 is 78.2. The molecule has 0 N–H and O–H groups in total. The summed E-state index contributed by atoms with van der Waals surface area (Å²) in [7, 11) is 0. The van der Waals surface area contributed by atoms with Crippen LogP contribution in [-0.4, -0.2) is 4.98 Å². The zero-order chi connectivity index (χ0) is 17.6. The molecule has 1 aromatic carbocycles. The molecule has 0 saturated carbocycles. The van der Waals surface area contributed by atoms with Gasteiger partial charge in [0.1, 0.15) is 0 Å². The van der Waals surface area contributed by atoms with E-state index in [4.69, 9.17) is 34.8 Å². The number of nitrogens with zero attached hydrogens (tertiary/aromatic N) is 1. The maximum absolute atomic E-state index is 13.2. The lowest BCUT2D eigenvalue weighted by molar-refractivity contribution is -0.161. The first kappa shape index (κ1) is 18.2. The molecule has 2 aromatic rings. The summed E-state index contributed by atoms with van der Waals surface area (Å²) in [6, 6.07) is 2.19. The van der Waals surface area contributed by atoms with Crippen molar-refractivity contribution in [2.45, 2.75) is 12.4 Å². The van der Waals surface area contributed by atoms with Gasteiger partial charge in [-0.2, -0.15) is 26.3 Å². The molecule has 0 unspecified atom stereocenters. The van der Waals surface area contributed by atoms with E-state index in [1.54, 1.807) is 0 Å². The number of alkyl halides is 6. The van der Waals surface area contributed by atoms with Crippen molar-refractivity contribution in [1.82, 2.24) is 4.98 Å². The zero-order valence-electron chi connectivity index (χ0n) is 10.7. The fourth-order valence-corrected chi connectivity index (χ4v) is 2.49. The van der Waals surface area contributed by atoms with Gasteiger partial charge in [0.15, 0.2) is 0 Å². The van der Waals surface area contributed by atoms with Crippen LogP contribution in [0.3, 0.4) is 0 Å². The highest BCUT2D eigenvalue weighted by Gasteiger charge is 2.45. The summed E-state index contributed by atoms with van der Waals surface area (Å²) in [5, 5.41) is -0.541. The third-order valence-corrected chi connectivity index (χ3v) is 3.99. The summed E-state index contributed by atoms with van der Waals surface area (Å²) in [5.74, 6) is 0. The molecule has 0 aliphatic carbocycles. The number of halogens is 9. The Morgan fingerprint density at radius 1 is 0.826 bits per heavy atom. The first-order chi connectivity index (χ1) is 10.4. The predicted octanol–water partition coefficient (Wildman–Crippen LogP) is 6.75. The monoisotopic (exact) mass is 393 g/mol. The minimum Gasteiger partial charge on any atom is -0.256 e. The Kier molecular flexibility index (Phi) is 4.76. The van der Waals surface area contributed by atoms with Crippen LogP contribution in [0.1, 0.15) is 11.1 Å². The molecule has 1 aromatic heterocycles. The topological polar surface area (TPSA) is 12.9 Å². The van der Waals surface area contributed by atoms with E-state index in [9.17, 15) is 26.3 Å². The molecule has 0 saturated heterocycles. The molecule has 2 rings (SSSR count). The van der Waals surface area contributed by atoms with Crippen LogP contribution in [0.4, 0.5) is 26.3 Å². The Hall–Kier alpha value is -1.18. The van der Waals surface area contributed by atoms with Gasteiger partial charge < -0.3 is 0 Å². The van der Waals surface area contributed by atoms with Crippen LogP contribution in [0.25, 0.3) is 11.3 Å². The lowest BCUT2D eigenvalue weighted by atomic mass is 10.00. The van der Waals surface area contributed by atoms with Crippen molar-refractivity contribution in [2.24, 2.45) is 0 Å². The zero-order valence-corrected chi connectivity index (χ0v) is 12.9. The van der Waals surface area contributed by atoms with Gasteiger partial charge in [-0.3, -0.25) is 4.98 Å². The second kappa shape index (κ2) is 6.03. The SMILES string of the molecule is FC(F)(F)c1ccnc(-c2cc(Cl)c(Cl)c(Cl)c2)c1C(F)(F)F. The van der Waals surface area contributed by atoms with Crippen molar-refractivity contribution in [1.29, 1.82) is 0 Å². The molecule has 10 heteroatoms. The lowest BCUT2D eigenvalue weighted by Gasteiger charge is -2.18. The lowest BCUT2D eigenvalue weighted by Crippen LogP contribution is -2.18. The molecule has 124 valence electrons. The van der Waals surface area contributed by atoms with Crippen LogP contribution in [0.15, 0.2) is 24.4 Å². The van der Waals surface area contributed by atoms with Gasteiger partial charge in [0.2, 0.25) is 0 Å². The average Bonchev–Trinajstić information content (AvgIpc) is 2.41. The molecule has 0 bridgehead atoms. The van der Waals surface area contributed by atoms with E-state index < -0.39 is 29.2 Å². The third kappa shape index (κ3) is 3.67. The van der Waals surface area contributed by atoms with Gasteiger partial charge in [-0.15, -0.1) is 0 Å². The average molecular weight is 395 g/mol. The minimum atomic E-state index is -5.28. The summed E-state index contributed by atoms with van der Waals surface area (Å²) >= 11 is 17.1. The van der Waals surface area contributed by atoms with Gasteiger partial charge in [-0.05, 0) is 18.2 Å². The number of aromatic nitrogens is 1. The van der Waals surface area contributed by atoms with Crippen molar-refractivity contribution in [3.63, 3.8) is 0 Å². The molecule has 0 spiro atoms. The molecule has 1 nitrogen and oxygen atoms in total. The van der Waals surface area contributed by atoms with Crippen LogP contribution in [0, 0.1) is 0 Å². The molecule has 0 aliphatic heterocycles. The Morgan fingerprint density at radius 3 is 1.78 bits per heavy atom. The Morgan fingerprint density at radius 2 is 1.35 bits per heavy atom. The highest BCUT2D eigenvalue weighted by Crippen LogP contribution is 2.45. The van der Waals surface area contributed by atoms with Gasteiger partial charge in [0.25, 0.3) is 0 Å². The predicted molar refractivity (Wildman–Crippen MR) is 74.7 cm³/mol. The Bertz CT molecular complexity index is 731. The second-order valence-electron chi connectivity index (χ2n) is 4.33. The fraction of sp³-hybridized carbons (Fsp3) is 0.154. The smallest absolute Gasteiger partial charge is 0.256 e. The van der Waals surface area contributed by atoms with Gasteiger partial charge in [-0.1, -0.05) is 34.8 Å². The van der Waals surface area contributed by atoms with Crippen LogP contribution in [-0.2, 0) is 12.4 Å². The number of benzene rings is 1. The van der Waals surface area contributed by atoms with Crippen molar-refractivity contribution in [2.75, 3.05) is 0 Å². The standard InChI is InChI=1S/C13H4Cl3F6N/c14-7-3-5(4-8(15)10(7)16)11-9(13(20,21)22)6(1-2-23-11)12(17,18)19/h1-4H. The molecule has 0 fully saturated rings. The van der Waals surface area contributed by atoms with Gasteiger partial charge in [-0.25, -0.2) is 0 Å². The summed E-state index contributed by atoms with van der Waals surface area (Å²) in [4.78, 5) is 3.42. The highest BCUT2D eigenvalue weighted by atomic mass is 35.5. The van der Waals surface area contributed by atoms with E-state index in [1.807, 2.05) is 0 Å². The normalized spacial score (nSPS) is 12.6. The van der Waals surface area contributed by atoms with Gasteiger partial charge in [0, 0.05) is 11.8 Å². The van der Waals surface area contributed by atoms with E-state index in [-0.39, 0.29) is 26.7 Å². The number of rotatable bonds is 1. The first-order valence-electron chi connectivity index (χ1n) is 5.71. The molecular formula is C13H4Cl3F6N. The molecule has 0 atom stereocenters. The molecule has 23 heavy (non-hydrogen) atoms. The van der Waals surface area contributed by atoms with E-state index in [1.165, 1.54) is 0 Å². The Balaban J connectivity index is 2.83. The van der Waals surface area contributed by atoms with E-state index in [0.717, 1.165) is 12.1 Å². The first-order valence-corrected chi connectivity index (χ1v) is 6.84. The summed E-state index contributed by atoms with van der Waals surface area (Å²) in [6.07, 6.45) is -9.86. The van der Waals surface area contributed by atoms with Crippen LogP contribution >= 0.6 is 34.8 Å². The van der Waals surface area contributed by atoms with Crippen LogP contribution in [0.5, 0.6) is 0 Å². The molecule has 0 amide bonds. The second-order valence-corrected chi connectivity index (χ2v) is 5.52. The maximum Gasteiger partial charge on any atom is 0.419 e. The number of hydrogen-bond donors (Lipinski definition) is 0. The van der Waals surface area contributed by atoms with E-state index in [2.05, 4.69) is 4.98 Å². The van der Waals surface area contributed by atoms with Crippen molar-refractivity contribution in [3.05, 3.63) is 50.6 Å². The highest BCUT2D eigenvalue weighted by molar-refractivity contribution is 6.48. The van der Waals surface area contributed by atoms with Gasteiger partial charge >= 0.3 is 12.4 Å². The fourth-order valence-electron chi connectivity index (χ4n) is 1.90. The largest absolute Gasteiger partial charge is 0.419 e. The number of pyridine rings is 1. The van der Waals surface area contributed by atoms with Gasteiger partial charge in [0.05, 0.1) is 31.9 Å². The minimum absolute atomic E-state index is 0.127. The van der Waals surface area contributed by atoms with E-state index >= 15 is 0 Å². The summed E-state index contributed by atoms with van der Waals surface area (Å²) in [6.45, 7) is 0. The quantitative estimate of drug-likeness (QED) is 0.385. The Labute approximate surface area is 140 Å². The van der Waals surface area contributed by atoms with Crippen LogP contribution < -0.4 is 0 Å². The van der Waals surface area contributed by atoms with E-state index in [0.29, 0.717) is 6.20 Å². The third-order valence-electron chi connectivity index (χ3n) is 2.80. The van der Waals surface area contributed by atoms with Crippen molar-refractivity contribution in [3.8, 4) is 11.3 Å². The summed E-state index contributed by atoms with van der Waals surface area (Å²) in [5.41, 5.74) is -5.03.